The number of hydrogen-bond donors (Lipinski definition) is 4. The predicted octanol–water partition coefficient (Wildman–Crippen LogP) is 5.09. The molecule has 6 aromatic rings. The first-order valence-electron chi connectivity index (χ1n) is 14.9. The summed E-state index contributed by atoms with van der Waals surface area (Å²) in [5.41, 5.74) is 7.31. The minimum absolute atomic E-state index is 0.0476. The molecule has 0 atom stereocenters. The number of sulfonamides is 1. The minimum Gasteiger partial charge on any atom is -0.336 e. The molecule has 0 radical (unpaired) electrons. The predicted molar refractivity (Wildman–Crippen MR) is 171 cm³/mol. The highest BCUT2D eigenvalue weighted by molar-refractivity contribution is 7.88. The van der Waals surface area contributed by atoms with Crippen LogP contribution in [0.5, 0.6) is 0 Å². The lowest BCUT2D eigenvalue weighted by molar-refractivity contribution is 0.489. The van der Waals surface area contributed by atoms with Gasteiger partial charge in [0.25, 0.3) is 0 Å². The normalized spacial score (nSPS) is 14.2. The van der Waals surface area contributed by atoms with Gasteiger partial charge in [-0.15, -0.1) is 0 Å². The molecule has 0 spiro atoms. The zero-order chi connectivity index (χ0) is 31.0. The number of benzene rings is 1. The number of aromatic nitrogens is 7. The van der Waals surface area contributed by atoms with Gasteiger partial charge in [-0.1, -0.05) is 12.8 Å². The average Bonchev–Trinajstić information content (AvgIpc) is 3.79. The van der Waals surface area contributed by atoms with E-state index in [1.54, 1.807) is 18.3 Å². The molecule has 1 saturated carbocycles. The Morgan fingerprint density at radius 3 is 2.58 bits per heavy atom. The molecule has 1 fully saturated rings. The summed E-state index contributed by atoms with van der Waals surface area (Å²) in [5, 5.41) is 11.1. The Bertz CT molecular complexity index is 2120. The second kappa shape index (κ2) is 12.1. The highest BCUT2D eigenvalue weighted by atomic mass is 32.2. The number of nitrogens with zero attached hydrogens (tertiary/aromatic N) is 5. The fraction of sp³-hybridized carbons (Fsp3) is 0.281. The van der Waals surface area contributed by atoms with Crippen LogP contribution >= 0.6 is 0 Å². The lowest BCUT2D eigenvalue weighted by atomic mass is 10.1. The smallest absolute Gasteiger partial charge is 0.209 e. The van der Waals surface area contributed by atoms with E-state index in [0.717, 1.165) is 47.6 Å². The van der Waals surface area contributed by atoms with Crippen molar-refractivity contribution >= 4 is 32.1 Å². The molecule has 0 saturated heterocycles. The summed E-state index contributed by atoms with van der Waals surface area (Å²) in [5.74, 6) is 0.740. The van der Waals surface area contributed by atoms with Gasteiger partial charge in [-0.25, -0.2) is 27.5 Å². The molecule has 13 heteroatoms. The molecule has 0 amide bonds. The molecule has 1 aromatic carbocycles. The molecule has 0 unspecified atom stereocenters. The molecule has 230 valence electrons. The van der Waals surface area contributed by atoms with Gasteiger partial charge in [-0.05, 0) is 78.9 Å². The van der Waals surface area contributed by atoms with Gasteiger partial charge < -0.3 is 10.3 Å². The Morgan fingerprint density at radius 2 is 1.73 bits per heavy atom. The second-order valence-corrected chi connectivity index (χ2v) is 13.4. The lowest BCUT2D eigenvalue weighted by Crippen LogP contribution is -2.21. The number of imidazole rings is 1. The lowest BCUT2D eigenvalue weighted by Gasteiger charge is -2.11. The van der Waals surface area contributed by atoms with Gasteiger partial charge in [0.2, 0.25) is 10.0 Å². The first-order valence-corrected chi connectivity index (χ1v) is 16.8. The molecule has 5 aromatic heterocycles. The SMILES string of the molecule is CS(=O)(=O)NCc1cc(F)cc(-c2nccc3[nH]c(-c4n[nH]c5ccc(-c6cncc(CNCC7CCCC7)c6)nc45)nc23)c1. The van der Waals surface area contributed by atoms with Crippen molar-refractivity contribution in [3.05, 3.63) is 78.0 Å². The zero-order valence-electron chi connectivity index (χ0n) is 24.6. The molecule has 7 rings (SSSR count). The molecular formula is C32H32FN9O2S. The third-order valence-electron chi connectivity index (χ3n) is 8.13. The van der Waals surface area contributed by atoms with Crippen LogP contribution in [0.3, 0.4) is 0 Å². The Balaban J connectivity index is 1.19. The van der Waals surface area contributed by atoms with Gasteiger partial charge >= 0.3 is 0 Å². The topological polar surface area (TPSA) is 154 Å². The summed E-state index contributed by atoms with van der Waals surface area (Å²) < 4.78 is 40.1. The summed E-state index contributed by atoms with van der Waals surface area (Å²) in [4.78, 5) is 22.0. The molecular weight excluding hydrogens is 593 g/mol. The van der Waals surface area contributed by atoms with Gasteiger partial charge in [0.1, 0.15) is 16.9 Å². The van der Waals surface area contributed by atoms with Crippen LogP contribution in [-0.4, -0.2) is 56.3 Å². The van der Waals surface area contributed by atoms with Crippen LogP contribution in [0.4, 0.5) is 4.39 Å². The molecule has 4 N–H and O–H groups in total. The van der Waals surface area contributed by atoms with E-state index >= 15 is 0 Å². The van der Waals surface area contributed by atoms with Crippen molar-refractivity contribution < 1.29 is 12.8 Å². The van der Waals surface area contributed by atoms with E-state index in [9.17, 15) is 12.8 Å². The first kappa shape index (κ1) is 29.1. The van der Waals surface area contributed by atoms with Gasteiger partial charge in [-0.3, -0.25) is 15.1 Å². The van der Waals surface area contributed by atoms with Crippen LogP contribution in [0.15, 0.2) is 61.1 Å². The van der Waals surface area contributed by atoms with E-state index in [-0.39, 0.29) is 6.54 Å². The number of halogens is 1. The summed E-state index contributed by atoms with van der Waals surface area (Å²) in [6, 6.07) is 12.1. The van der Waals surface area contributed by atoms with E-state index in [4.69, 9.17) is 9.97 Å². The van der Waals surface area contributed by atoms with E-state index in [1.807, 2.05) is 24.5 Å². The highest BCUT2D eigenvalue weighted by Gasteiger charge is 2.19. The monoisotopic (exact) mass is 625 g/mol. The van der Waals surface area contributed by atoms with Crippen molar-refractivity contribution in [3.8, 4) is 34.0 Å². The van der Waals surface area contributed by atoms with Gasteiger partial charge in [0, 0.05) is 42.8 Å². The van der Waals surface area contributed by atoms with Crippen molar-refractivity contribution in [1.82, 2.24) is 45.2 Å². The molecule has 0 aliphatic heterocycles. The molecule has 5 heterocycles. The number of rotatable bonds is 10. The van der Waals surface area contributed by atoms with Crippen LogP contribution in [0.2, 0.25) is 0 Å². The van der Waals surface area contributed by atoms with Gasteiger partial charge in [0.05, 0.1) is 28.7 Å². The Kier molecular flexibility index (Phi) is 7.81. The molecule has 1 aliphatic rings. The third kappa shape index (κ3) is 6.46. The van der Waals surface area contributed by atoms with Gasteiger partial charge in [0.15, 0.2) is 11.5 Å². The third-order valence-corrected chi connectivity index (χ3v) is 8.80. The van der Waals surface area contributed by atoms with E-state index in [0.29, 0.717) is 44.9 Å². The second-order valence-electron chi connectivity index (χ2n) is 11.6. The van der Waals surface area contributed by atoms with Crippen LogP contribution in [0, 0.1) is 11.7 Å². The number of fused-ring (bicyclic) bond motifs is 2. The van der Waals surface area contributed by atoms with Crippen LogP contribution in [0.1, 0.15) is 36.8 Å². The summed E-state index contributed by atoms with van der Waals surface area (Å²) >= 11 is 0. The van der Waals surface area contributed by atoms with Crippen molar-refractivity contribution in [1.29, 1.82) is 0 Å². The number of aromatic amines is 2. The van der Waals surface area contributed by atoms with Crippen molar-refractivity contribution in [2.45, 2.75) is 38.8 Å². The molecule has 1 aliphatic carbocycles. The minimum atomic E-state index is -3.44. The van der Waals surface area contributed by atoms with E-state index in [2.05, 4.69) is 41.3 Å². The van der Waals surface area contributed by atoms with Crippen molar-refractivity contribution in [2.75, 3.05) is 12.8 Å². The fourth-order valence-electron chi connectivity index (χ4n) is 5.95. The van der Waals surface area contributed by atoms with Crippen LogP contribution in [-0.2, 0) is 23.1 Å². The maximum absolute atomic E-state index is 14.6. The largest absolute Gasteiger partial charge is 0.336 e. The number of hydrogen-bond acceptors (Lipinski definition) is 8. The van der Waals surface area contributed by atoms with E-state index < -0.39 is 15.8 Å². The maximum atomic E-state index is 14.6. The number of pyridine rings is 3. The molecule has 45 heavy (non-hydrogen) atoms. The molecule has 11 nitrogen and oxygen atoms in total. The Hall–Kier alpha value is -4.59. The van der Waals surface area contributed by atoms with Crippen LogP contribution < -0.4 is 10.0 Å². The summed E-state index contributed by atoms with van der Waals surface area (Å²) in [6.45, 7) is 1.74. The standard InChI is InChI=1S/C32H32FN9O2S/c1-45(43,44)37-17-20-10-22(13-24(33)12-20)28-29-26(8-9-36-28)39-32(40-29)31-30-27(41-42-31)7-6-25(38-30)23-11-21(16-35-18-23)15-34-14-19-4-2-3-5-19/h6-13,16,18-19,34,37H,2-5,14-15,17H2,1H3,(H,39,40)(H,41,42). The van der Waals surface area contributed by atoms with Crippen LogP contribution in [0.25, 0.3) is 56.1 Å². The number of nitrogens with one attached hydrogen (secondary N) is 4. The average molecular weight is 626 g/mol. The van der Waals surface area contributed by atoms with E-state index in [1.165, 1.54) is 37.8 Å². The Labute approximate surface area is 259 Å². The maximum Gasteiger partial charge on any atom is 0.209 e. The van der Waals surface area contributed by atoms with Crippen molar-refractivity contribution in [2.24, 2.45) is 5.92 Å². The van der Waals surface area contributed by atoms with Crippen molar-refractivity contribution in [3.63, 3.8) is 0 Å². The molecule has 0 bridgehead atoms. The fourth-order valence-corrected chi connectivity index (χ4v) is 6.38. The quantitative estimate of drug-likeness (QED) is 0.164. The van der Waals surface area contributed by atoms with Gasteiger partial charge in [-0.2, -0.15) is 5.10 Å². The highest BCUT2D eigenvalue weighted by Crippen LogP contribution is 2.31. The Morgan fingerprint density at radius 1 is 0.911 bits per heavy atom. The number of H-pyrrole nitrogens is 2. The summed E-state index contributed by atoms with van der Waals surface area (Å²) in [7, 11) is -3.44. The first-order chi connectivity index (χ1) is 21.8. The zero-order valence-corrected chi connectivity index (χ0v) is 25.5. The summed E-state index contributed by atoms with van der Waals surface area (Å²) in [6.07, 6.45) is 11.6.